The molecule has 0 saturated carbocycles. The molecule has 0 spiro atoms. The normalized spacial score (nSPS) is 11.3. The van der Waals surface area contributed by atoms with Gasteiger partial charge in [-0.15, -0.1) is 0 Å². The molecule has 0 saturated heterocycles. The van der Waals surface area contributed by atoms with Crippen molar-refractivity contribution in [2.45, 2.75) is 11.8 Å². The number of anilines is 1. The van der Waals surface area contributed by atoms with E-state index in [1.165, 1.54) is 13.2 Å². The van der Waals surface area contributed by atoms with Gasteiger partial charge < -0.3 is 9.26 Å². The molecule has 0 atom stereocenters. The van der Waals surface area contributed by atoms with Crippen LogP contribution in [-0.2, 0) is 10.0 Å². The summed E-state index contributed by atoms with van der Waals surface area (Å²) in [5.41, 5.74) is 0. The van der Waals surface area contributed by atoms with E-state index in [1.54, 1.807) is 19.1 Å². The molecule has 1 N–H and O–H groups in total. The molecule has 0 aliphatic rings. The lowest BCUT2D eigenvalue weighted by atomic mass is 10.3. The zero-order valence-corrected chi connectivity index (χ0v) is 12.4. The summed E-state index contributed by atoms with van der Waals surface area (Å²) < 4.78 is 37.0. The summed E-state index contributed by atoms with van der Waals surface area (Å²) in [4.78, 5) is 3.76. The van der Waals surface area contributed by atoms with Gasteiger partial charge in [0.2, 0.25) is 5.89 Å². The fourth-order valence-corrected chi connectivity index (χ4v) is 3.02. The highest BCUT2D eigenvalue weighted by Crippen LogP contribution is 2.28. The van der Waals surface area contributed by atoms with Crippen molar-refractivity contribution in [1.82, 2.24) is 10.1 Å². The molecule has 0 bridgehead atoms. The van der Waals surface area contributed by atoms with Crippen LogP contribution in [0.25, 0.3) is 0 Å². The molecule has 1 aromatic heterocycles. The van der Waals surface area contributed by atoms with Crippen molar-refractivity contribution in [2.75, 3.05) is 11.8 Å². The maximum absolute atomic E-state index is 12.2. The van der Waals surface area contributed by atoms with Gasteiger partial charge in [0.25, 0.3) is 16.0 Å². The van der Waals surface area contributed by atoms with Crippen LogP contribution >= 0.6 is 15.9 Å². The quantitative estimate of drug-likeness (QED) is 0.908. The van der Waals surface area contributed by atoms with Crippen molar-refractivity contribution in [3.8, 4) is 5.75 Å². The fraction of sp³-hybridized carbons (Fsp3) is 0.200. The zero-order chi connectivity index (χ0) is 14.0. The number of sulfonamides is 1. The second-order valence-electron chi connectivity index (χ2n) is 3.54. The Balaban J connectivity index is 2.41. The Labute approximate surface area is 118 Å². The molecule has 0 aliphatic carbocycles. The minimum absolute atomic E-state index is 0.0215. The molecule has 19 heavy (non-hydrogen) atoms. The van der Waals surface area contributed by atoms with Gasteiger partial charge in [-0.2, -0.15) is 4.98 Å². The topological polar surface area (TPSA) is 94.3 Å². The Morgan fingerprint density at radius 1 is 1.42 bits per heavy atom. The van der Waals surface area contributed by atoms with E-state index in [0.29, 0.717) is 4.47 Å². The number of nitrogens with zero attached hydrogens (tertiary/aromatic N) is 2. The fourth-order valence-electron chi connectivity index (χ4n) is 1.38. The first-order valence-corrected chi connectivity index (χ1v) is 7.36. The molecule has 2 aromatic rings. The van der Waals surface area contributed by atoms with Crippen molar-refractivity contribution in [2.24, 2.45) is 0 Å². The van der Waals surface area contributed by atoms with Gasteiger partial charge in [-0.1, -0.05) is 15.9 Å². The van der Waals surface area contributed by atoms with Gasteiger partial charge in [-0.3, -0.25) is 0 Å². The lowest BCUT2D eigenvalue weighted by molar-refractivity contribution is 0.394. The first-order valence-electron chi connectivity index (χ1n) is 5.09. The maximum Gasteiger partial charge on any atom is 0.277 e. The average molecular weight is 348 g/mol. The zero-order valence-electron chi connectivity index (χ0n) is 10.0. The van der Waals surface area contributed by atoms with Crippen LogP contribution < -0.4 is 9.46 Å². The van der Waals surface area contributed by atoms with Gasteiger partial charge in [-0.25, -0.2) is 13.1 Å². The van der Waals surface area contributed by atoms with E-state index >= 15 is 0 Å². The van der Waals surface area contributed by atoms with E-state index in [2.05, 4.69) is 30.8 Å². The number of aromatic nitrogens is 2. The maximum atomic E-state index is 12.2. The van der Waals surface area contributed by atoms with Crippen molar-refractivity contribution in [3.05, 3.63) is 28.6 Å². The van der Waals surface area contributed by atoms with Crippen molar-refractivity contribution >= 4 is 31.9 Å². The molecule has 0 unspecified atom stereocenters. The summed E-state index contributed by atoms with van der Waals surface area (Å²) in [6.07, 6.45) is 0. The first kappa shape index (κ1) is 13.8. The largest absolute Gasteiger partial charge is 0.495 e. The van der Waals surface area contributed by atoms with Crippen LogP contribution in [-0.4, -0.2) is 25.7 Å². The number of hydrogen-bond acceptors (Lipinski definition) is 6. The highest BCUT2D eigenvalue weighted by Gasteiger charge is 2.22. The molecule has 102 valence electrons. The van der Waals surface area contributed by atoms with Gasteiger partial charge in [0.1, 0.15) is 10.6 Å². The highest BCUT2D eigenvalue weighted by molar-refractivity contribution is 9.10. The molecule has 0 aliphatic heterocycles. The van der Waals surface area contributed by atoms with Crippen LogP contribution in [0.4, 0.5) is 5.95 Å². The smallest absolute Gasteiger partial charge is 0.277 e. The molecule has 9 heteroatoms. The van der Waals surface area contributed by atoms with Crippen LogP contribution in [0.5, 0.6) is 5.75 Å². The Morgan fingerprint density at radius 2 is 2.16 bits per heavy atom. The van der Waals surface area contributed by atoms with E-state index in [9.17, 15) is 8.42 Å². The molecular formula is C10H10BrN3O4S. The molecule has 0 amide bonds. The summed E-state index contributed by atoms with van der Waals surface area (Å²) >= 11 is 3.21. The van der Waals surface area contributed by atoms with Crippen LogP contribution in [0.1, 0.15) is 5.89 Å². The standard InChI is InChI=1S/C10H10BrN3O4S/c1-6-12-10(13-18-6)14-19(15,16)9-5-7(11)3-4-8(9)17-2/h3-5H,1-2H3,(H,13,14). The Bertz CT molecular complexity index is 699. The molecule has 7 nitrogen and oxygen atoms in total. The average Bonchev–Trinajstić information content (AvgIpc) is 2.74. The van der Waals surface area contributed by atoms with Crippen molar-refractivity contribution in [1.29, 1.82) is 0 Å². The molecule has 2 rings (SSSR count). The van der Waals surface area contributed by atoms with Crippen LogP contribution in [0.2, 0.25) is 0 Å². The first-order chi connectivity index (χ1) is 8.92. The van der Waals surface area contributed by atoms with Gasteiger partial charge in [0.15, 0.2) is 0 Å². The Kier molecular flexibility index (Phi) is 3.76. The number of methoxy groups -OCH3 is 1. The SMILES string of the molecule is COc1ccc(Br)cc1S(=O)(=O)Nc1noc(C)n1. The Morgan fingerprint density at radius 3 is 2.74 bits per heavy atom. The van der Waals surface area contributed by atoms with Crippen molar-refractivity contribution in [3.63, 3.8) is 0 Å². The van der Waals surface area contributed by atoms with E-state index in [0.717, 1.165) is 0 Å². The van der Waals surface area contributed by atoms with E-state index in [4.69, 9.17) is 9.26 Å². The monoisotopic (exact) mass is 347 g/mol. The van der Waals surface area contributed by atoms with E-state index < -0.39 is 10.0 Å². The predicted molar refractivity (Wildman–Crippen MR) is 70.5 cm³/mol. The van der Waals surface area contributed by atoms with Crippen LogP contribution in [0.3, 0.4) is 0 Å². The third kappa shape index (κ3) is 3.04. The van der Waals surface area contributed by atoms with Crippen LogP contribution in [0, 0.1) is 6.92 Å². The highest BCUT2D eigenvalue weighted by atomic mass is 79.9. The van der Waals surface area contributed by atoms with Gasteiger partial charge in [0, 0.05) is 11.4 Å². The molecule has 0 fully saturated rings. The third-order valence-electron chi connectivity index (χ3n) is 2.17. The lowest BCUT2D eigenvalue weighted by Gasteiger charge is -2.09. The molecule has 0 radical (unpaired) electrons. The minimum Gasteiger partial charge on any atom is -0.495 e. The summed E-state index contributed by atoms with van der Waals surface area (Å²) in [5.74, 6) is 0.356. The minimum atomic E-state index is -3.86. The number of hydrogen-bond donors (Lipinski definition) is 1. The molecule has 1 aromatic carbocycles. The number of benzene rings is 1. The van der Waals surface area contributed by atoms with E-state index in [-0.39, 0.29) is 22.5 Å². The summed E-state index contributed by atoms with van der Waals surface area (Å²) in [7, 11) is -2.47. The Hall–Kier alpha value is -1.61. The van der Waals surface area contributed by atoms with Gasteiger partial charge in [-0.05, 0) is 23.4 Å². The van der Waals surface area contributed by atoms with Crippen LogP contribution in [0.15, 0.2) is 32.1 Å². The second kappa shape index (κ2) is 5.17. The van der Waals surface area contributed by atoms with Gasteiger partial charge >= 0.3 is 0 Å². The van der Waals surface area contributed by atoms with Gasteiger partial charge in [0.05, 0.1) is 7.11 Å². The number of aryl methyl sites for hydroxylation is 1. The van der Waals surface area contributed by atoms with Crippen molar-refractivity contribution < 1.29 is 17.7 Å². The number of halogens is 1. The van der Waals surface area contributed by atoms with E-state index in [1.807, 2.05) is 0 Å². The number of nitrogens with one attached hydrogen (secondary N) is 1. The summed E-state index contributed by atoms with van der Waals surface area (Å²) in [6.45, 7) is 1.56. The number of rotatable bonds is 4. The summed E-state index contributed by atoms with van der Waals surface area (Å²) in [6, 6.07) is 4.64. The third-order valence-corrected chi connectivity index (χ3v) is 4.01. The number of ether oxygens (including phenoxy) is 1. The second-order valence-corrected chi connectivity index (χ2v) is 6.10. The molecular weight excluding hydrogens is 338 g/mol. The lowest BCUT2D eigenvalue weighted by Crippen LogP contribution is -2.15. The molecule has 1 heterocycles. The summed E-state index contributed by atoms with van der Waals surface area (Å²) in [5, 5.41) is 3.48. The predicted octanol–water partition coefficient (Wildman–Crippen LogP) is 1.95.